The van der Waals surface area contributed by atoms with Crippen LogP contribution in [0, 0.1) is 19.8 Å². The zero-order chi connectivity index (χ0) is 12.8. The summed E-state index contributed by atoms with van der Waals surface area (Å²) in [7, 11) is 0. The molecule has 0 saturated carbocycles. The molecule has 0 bridgehead atoms. The van der Waals surface area contributed by atoms with Gasteiger partial charge in [0.1, 0.15) is 0 Å². The van der Waals surface area contributed by atoms with Gasteiger partial charge in [-0.25, -0.2) is 0 Å². The quantitative estimate of drug-likeness (QED) is 0.794. The average Bonchev–Trinajstić information content (AvgIpc) is 2.29. The van der Waals surface area contributed by atoms with Gasteiger partial charge in [0.15, 0.2) is 0 Å². The molecule has 0 aliphatic carbocycles. The maximum atomic E-state index is 8.87. The van der Waals surface area contributed by atoms with Gasteiger partial charge in [-0.1, -0.05) is 30.7 Å². The number of aryl methyl sites for hydroxylation is 2. The van der Waals surface area contributed by atoms with Crippen molar-refractivity contribution in [1.82, 2.24) is 5.32 Å². The Hall–Kier alpha value is -0.860. The molecule has 0 aromatic heterocycles. The van der Waals surface area contributed by atoms with Crippen molar-refractivity contribution < 1.29 is 5.11 Å². The third-order valence-corrected chi connectivity index (χ3v) is 3.30. The number of hydrogen-bond acceptors (Lipinski definition) is 2. The van der Waals surface area contributed by atoms with Crippen molar-refractivity contribution in [2.75, 3.05) is 13.2 Å². The van der Waals surface area contributed by atoms with E-state index in [4.69, 9.17) is 5.11 Å². The van der Waals surface area contributed by atoms with E-state index in [0.29, 0.717) is 12.0 Å². The SMILES string of the molecule is Cc1ccc(C)c(C(C)NCC(C)CCO)c1. The topological polar surface area (TPSA) is 32.3 Å². The number of aliphatic hydroxyl groups excluding tert-OH is 1. The van der Waals surface area contributed by atoms with E-state index in [1.165, 1.54) is 16.7 Å². The highest BCUT2D eigenvalue weighted by Gasteiger charge is 2.09. The zero-order valence-corrected chi connectivity index (χ0v) is 11.5. The lowest BCUT2D eigenvalue weighted by Gasteiger charge is -2.19. The number of hydrogen-bond donors (Lipinski definition) is 2. The van der Waals surface area contributed by atoms with Gasteiger partial charge in [0.05, 0.1) is 0 Å². The summed E-state index contributed by atoms with van der Waals surface area (Å²) < 4.78 is 0. The summed E-state index contributed by atoms with van der Waals surface area (Å²) in [5.41, 5.74) is 4.02. The van der Waals surface area contributed by atoms with Crippen LogP contribution < -0.4 is 5.32 Å². The molecule has 0 aliphatic rings. The van der Waals surface area contributed by atoms with Crippen molar-refractivity contribution in [3.05, 3.63) is 34.9 Å². The van der Waals surface area contributed by atoms with Gasteiger partial charge in [0.2, 0.25) is 0 Å². The molecule has 0 radical (unpaired) electrons. The van der Waals surface area contributed by atoms with Gasteiger partial charge >= 0.3 is 0 Å². The highest BCUT2D eigenvalue weighted by atomic mass is 16.3. The first-order valence-corrected chi connectivity index (χ1v) is 6.46. The molecular weight excluding hydrogens is 210 g/mol. The Bertz CT molecular complexity index is 349. The molecule has 0 saturated heterocycles. The number of benzene rings is 1. The van der Waals surface area contributed by atoms with Crippen LogP contribution in [0.1, 0.15) is 43.0 Å². The van der Waals surface area contributed by atoms with E-state index in [2.05, 4.69) is 51.2 Å². The largest absolute Gasteiger partial charge is 0.396 e. The fourth-order valence-electron chi connectivity index (χ4n) is 2.04. The van der Waals surface area contributed by atoms with Crippen molar-refractivity contribution in [3.63, 3.8) is 0 Å². The zero-order valence-electron chi connectivity index (χ0n) is 11.5. The molecule has 1 rings (SSSR count). The Morgan fingerprint density at radius 2 is 1.94 bits per heavy atom. The van der Waals surface area contributed by atoms with Gasteiger partial charge in [-0.15, -0.1) is 0 Å². The van der Waals surface area contributed by atoms with Gasteiger partial charge in [0, 0.05) is 12.6 Å². The van der Waals surface area contributed by atoms with E-state index < -0.39 is 0 Å². The van der Waals surface area contributed by atoms with E-state index in [1.807, 2.05) is 0 Å². The Morgan fingerprint density at radius 1 is 1.24 bits per heavy atom. The third kappa shape index (κ3) is 4.49. The van der Waals surface area contributed by atoms with Crippen molar-refractivity contribution in [2.45, 2.75) is 40.2 Å². The van der Waals surface area contributed by atoms with E-state index in [0.717, 1.165) is 13.0 Å². The first-order chi connectivity index (χ1) is 8.04. The van der Waals surface area contributed by atoms with Crippen LogP contribution >= 0.6 is 0 Å². The Morgan fingerprint density at radius 3 is 2.59 bits per heavy atom. The minimum absolute atomic E-state index is 0.278. The second-order valence-electron chi connectivity index (χ2n) is 5.11. The summed E-state index contributed by atoms with van der Waals surface area (Å²) in [5.74, 6) is 0.521. The third-order valence-electron chi connectivity index (χ3n) is 3.30. The van der Waals surface area contributed by atoms with Crippen LogP contribution in [0.4, 0.5) is 0 Å². The maximum absolute atomic E-state index is 8.87. The van der Waals surface area contributed by atoms with Crippen LogP contribution in [0.15, 0.2) is 18.2 Å². The number of aliphatic hydroxyl groups is 1. The van der Waals surface area contributed by atoms with Crippen LogP contribution in [-0.2, 0) is 0 Å². The fourth-order valence-corrected chi connectivity index (χ4v) is 2.04. The molecule has 2 heteroatoms. The van der Waals surface area contributed by atoms with Crippen LogP contribution in [0.25, 0.3) is 0 Å². The predicted octanol–water partition coefficient (Wildman–Crippen LogP) is 2.97. The van der Waals surface area contributed by atoms with E-state index in [1.54, 1.807) is 0 Å². The van der Waals surface area contributed by atoms with Gasteiger partial charge in [-0.2, -0.15) is 0 Å². The molecule has 1 aromatic rings. The van der Waals surface area contributed by atoms with Crippen molar-refractivity contribution in [1.29, 1.82) is 0 Å². The highest BCUT2D eigenvalue weighted by molar-refractivity contribution is 5.32. The molecule has 96 valence electrons. The molecular formula is C15H25NO. The van der Waals surface area contributed by atoms with Crippen LogP contribution in [-0.4, -0.2) is 18.3 Å². The fraction of sp³-hybridized carbons (Fsp3) is 0.600. The molecule has 0 aliphatic heterocycles. The van der Waals surface area contributed by atoms with Gasteiger partial charge in [-0.3, -0.25) is 0 Å². The lowest BCUT2D eigenvalue weighted by Crippen LogP contribution is -2.25. The first kappa shape index (κ1) is 14.2. The van der Waals surface area contributed by atoms with Crippen molar-refractivity contribution in [3.8, 4) is 0 Å². The highest BCUT2D eigenvalue weighted by Crippen LogP contribution is 2.19. The van der Waals surface area contributed by atoms with E-state index in [-0.39, 0.29) is 6.61 Å². The van der Waals surface area contributed by atoms with Crippen LogP contribution in [0.3, 0.4) is 0 Å². The number of rotatable bonds is 6. The Labute approximate surface area is 105 Å². The molecule has 2 atom stereocenters. The lowest BCUT2D eigenvalue weighted by molar-refractivity contribution is 0.258. The summed E-state index contributed by atoms with van der Waals surface area (Å²) in [5, 5.41) is 12.4. The molecule has 2 N–H and O–H groups in total. The molecule has 1 aromatic carbocycles. The Balaban J connectivity index is 2.57. The van der Waals surface area contributed by atoms with E-state index >= 15 is 0 Å². The van der Waals surface area contributed by atoms with Crippen LogP contribution in [0.5, 0.6) is 0 Å². The molecule has 0 spiro atoms. The Kier molecular flexibility index (Phi) is 5.66. The standard InChI is InChI=1S/C15H25NO/c1-11-5-6-13(3)15(9-11)14(4)16-10-12(2)7-8-17/h5-6,9,12,14,16-17H,7-8,10H2,1-4H3. The normalized spacial score (nSPS) is 14.6. The molecule has 0 heterocycles. The summed E-state index contributed by atoms with van der Waals surface area (Å²) >= 11 is 0. The number of nitrogens with one attached hydrogen (secondary N) is 1. The maximum Gasteiger partial charge on any atom is 0.0434 e. The smallest absolute Gasteiger partial charge is 0.0434 e. The molecule has 17 heavy (non-hydrogen) atoms. The first-order valence-electron chi connectivity index (χ1n) is 6.46. The summed E-state index contributed by atoms with van der Waals surface area (Å²) in [4.78, 5) is 0. The monoisotopic (exact) mass is 235 g/mol. The molecule has 0 fully saturated rings. The van der Waals surface area contributed by atoms with Gasteiger partial charge in [0.25, 0.3) is 0 Å². The summed E-state index contributed by atoms with van der Waals surface area (Å²) in [6.45, 7) is 9.89. The predicted molar refractivity (Wildman–Crippen MR) is 73.2 cm³/mol. The van der Waals surface area contributed by atoms with E-state index in [9.17, 15) is 0 Å². The lowest BCUT2D eigenvalue weighted by atomic mass is 9.99. The van der Waals surface area contributed by atoms with Gasteiger partial charge in [-0.05, 0) is 50.8 Å². The van der Waals surface area contributed by atoms with Gasteiger partial charge < -0.3 is 10.4 Å². The summed E-state index contributed by atoms with van der Waals surface area (Å²) in [6.07, 6.45) is 0.868. The molecule has 2 unspecified atom stereocenters. The summed E-state index contributed by atoms with van der Waals surface area (Å²) in [6, 6.07) is 6.96. The second-order valence-corrected chi connectivity index (χ2v) is 5.11. The minimum atomic E-state index is 0.278. The second kappa shape index (κ2) is 6.77. The molecule has 2 nitrogen and oxygen atoms in total. The van der Waals surface area contributed by atoms with Crippen molar-refractivity contribution >= 4 is 0 Å². The molecule has 0 amide bonds. The van der Waals surface area contributed by atoms with Crippen LogP contribution in [0.2, 0.25) is 0 Å². The minimum Gasteiger partial charge on any atom is -0.396 e. The average molecular weight is 235 g/mol. The van der Waals surface area contributed by atoms with Crippen molar-refractivity contribution in [2.24, 2.45) is 5.92 Å².